The number of hydrogen-bond acceptors (Lipinski definition) is 4. The first kappa shape index (κ1) is 23.1. The average molecular weight is 453 g/mol. The van der Waals surface area contributed by atoms with Crippen LogP contribution in [0.3, 0.4) is 0 Å². The Labute approximate surface area is 192 Å². The Morgan fingerprint density at radius 3 is 2.25 bits per heavy atom. The summed E-state index contributed by atoms with van der Waals surface area (Å²) in [6.45, 7) is 3.88. The van der Waals surface area contributed by atoms with Crippen LogP contribution in [0.25, 0.3) is 11.1 Å². The number of benzene rings is 3. The van der Waals surface area contributed by atoms with Crippen molar-refractivity contribution in [2.75, 3.05) is 0 Å². The highest BCUT2D eigenvalue weighted by Crippen LogP contribution is 2.26. The summed E-state index contributed by atoms with van der Waals surface area (Å²) in [6.07, 6.45) is -0.0517. The minimum atomic E-state index is -0.656. The summed E-state index contributed by atoms with van der Waals surface area (Å²) in [5, 5.41) is 1.41. The lowest BCUT2D eigenvalue weighted by Crippen LogP contribution is -2.52. The zero-order valence-electron chi connectivity index (χ0n) is 17.8. The molecule has 0 spiro atoms. The summed E-state index contributed by atoms with van der Waals surface area (Å²) in [5.74, 6) is 5.27. The molecule has 0 aliphatic rings. The lowest BCUT2D eigenvalue weighted by Gasteiger charge is -2.23. The van der Waals surface area contributed by atoms with Crippen molar-refractivity contribution in [3.8, 4) is 16.9 Å². The molecule has 0 aliphatic carbocycles. The second-order valence-electron chi connectivity index (χ2n) is 7.35. The van der Waals surface area contributed by atoms with Gasteiger partial charge in [-0.1, -0.05) is 66.2 Å². The Bertz CT molecular complexity index is 1070. The predicted molar refractivity (Wildman–Crippen MR) is 125 cm³/mol. The van der Waals surface area contributed by atoms with E-state index in [1.807, 2.05) is 73.9 Å². The maximum atomic E-state index is 12.7. The van der Waals surface area contributed by atoms with Crippen LogP contribution in [0.15, 0.2) is 72.8 Å². The number of carbonyl (C=O) groups is 2. The van der Waals surface area contributed by atoms with Crippen LogP contribution in [0.4, 0.5) is 4.79 Å². The molecule has 0 bridgehead atoms. The molecule has 0 unspecified atom stereocenters. The Morgan fingerprint density at radius 2 is 1.66 bits per heavy atom. The quantitative estimate of drug-likeness (QED) is 0.291. The highest BCUT2D eigenvalue weighted by molar-refractivity contribution is 6.32. The SMILES string of the molecule is CC(C)Oc1ccc(C(=O)NN(Cc2ccc(-c3ccccc3)cc2)C(=O)NN)cc1Cl. The largest absolute Gasteiger partial charge is 0.489 e. The summed E-state index contributed by atoms with van der Waals surface area (Å²) in [7, 11) is 0. The number of amides is 3. The molecule has 7 nitrogen and oxygen atoms in total. The van der Waals surface area contributed by atoms with Crippen LogP contribution in [-0.4, -0.2) is 23.1 Å². The summed E-state index contributed by atoms with van der Waals surface area (Å²) in [4.78, 5) is 25.0. The second kappa shape index (κ2) is 10.7. The van der Waals surface area contributed by atoms with Gasteiger partial charge in [-0.25, -0.2) is 15.6 Å². The van der Waals surface area contributed by atoms with E-state index in [-0.39, 0.29) is 18.2 Å². The molecule has 0 saturated carbocycles. The fourth-order valence-electron chi connectivity index (χ4n) is 3.03. The smallest absolute Gasteiger partial charge is 0.350 e. The lowest BCUT2D eigenvalue weighted by molar-refractivity contribution is 0.0817. The molecular weight excluding hydrogens is 428 g/mol. The first-order valence-corrected chi connectivity index (χ1v) is 10.4. The van der Waals surface area contributed by atoms with Gasteiger partial charge in [0.2, 0.25) is 0 Å². The van der Waals surface area contributed by atoms with Crippen LogP contribution in [0.1, 0.15) is 29.8 Å². The van der Waals surface area contributed by atoms with Crippen molar-refractivity contribution in [2.24, 2.45) is 5.84 Å². The summed E-state index contributed by atoms with van der Waals surface area (Å²) in [6, 6.07) is 21.7. The van der Waals surface area contributed by atoms with E-state index in [0.29, 0.717) is 10.8 Å². The summed E-state index contributed by atoms with van der Waals surface area (Å²) < 4.78 is 5.58. The third kappa shape index (κ3) is 6.00. The fraction of sp³-hybridized carbons (Fsp3) is 0.167. The van der Waals surface area contributed by atoms with Gasteiger partial charge >= 0.3 is 6.03 Å². The van der Waals surface area contributed by atoms with Gasteiger partial charge in [0.1, 0.15) is 5.75 Å². The predicted octanol–water partition coefficient (Wildman–Crippen LogP) is 4.52. The second-order valence-corrected chi connectivity index (χ2v) is 7.76. The highest BCUT2D eigenvalue weighted by Gasteiger charge is 2.18. The Kier molecular flexibility index (Phi) is 7.70. The van der Waals surface area contributed by atoms with Crippen molar-refractivity contribution in [1.82, 2.24) is 15.9 Å². The van der Waals surface area contributed by atoms with Crippen molar-refractivity contribution in [2.45, 2.75) is 26.5 Å². The zero-order chi connectivity index (χ0) is 23.1. The van der Waals surface area contributed by atoms with Crippen LogP contribution in [0.2, 0.25) is 5.02 Å². The molecule has 3 aromatic rings. The minimum absolute atomic E-state index is 0.0517. The molecule has 0 atom stereocenters. The first-order chi connectivity index (χ1) is 15.4. The molecular formula is C24H25ClN4O3. The monoisotopic (exact) mass is 452 g/mol. The number of nitrogens with one attached hydrogen (secondary N) is 2. The maximum Gasteiger partial charge on any atom is 0.350 e. The summed E-state index contributed by atoms with van der Waals surface area (Å²) >= 11 is 6.22. The minimum Gasteiger partial charge on any atom is -0.489 e. The molecule has 3 aromatic carbocycles. The number of nitrogens with zero attached hydrogens (tertiary/aromatic N) is 1. The number of nitrogens with two attached hydrogens (primary N) is 1. The molecule has 0 heterocycles. The third-order valence-corrected chi connectivity index (χ3v) is 4.86. The van der Waals surface area contributed by atoms with Gasteiger partial charge < -0.3 is 4.74 Å². The van der Waals surface area contributed by atoms with Crippen LogP contribution < -0.4 is 21.4 Å². The van der Waals surface area contributed by atoms with Crippen molar-refractivity contribution >= 4 is 23.5 Å². The molecule has 3 amide bonds. The van der Waals surface area contributed by atoms with Gasteiger partial charge in [-0.2, -0.15) is 0 Å². The van der Waals surface area contributed by atoms with E-state index in [1.54, 1.807) is 12.1 Å². The van der Waals surface area contributed by atoms with E-state index in [2.05, 4.69) is 5.43 Å². The van der Waals surface area contributed by atoms with Gasteiger partial charge in [0.15, 0.2) is 0 Å². The molecule has 0 saturated heterocycles. The van der Waals surface area contributed by atoms with Gasteiger partial charge in [0.25, 0.3) is 5.91 Å². The molecule has 8 heteroatoms. The van der Waals surface area contributed by atoms with Crippen molar-refractivity contribution < 1.29 is 14.3 Å². The van der Waals surface area contributed by atoms with Crippen molar-refractivity contribution in [1.29, 1.82) is 0 Å². The van der Waals surface area contributed by atoms with E-state index >= 15 is 0 Å². The Morgan fingerprint density at radius 1 is 1.00 bits per heavy atom. The van der Waals surface area contributed by atoms with Crippen LogP contribution >= 0.6 is 11.6 Å². The van der Waals surface area contributed by atoms with E-state index in [9.17, 15) is 9.59 Å². The number of hydrazine groups is 2. The number of halogens is 1. The van der Waals surface area contributed by atoms with Gasteiger partial charge in [-0.3, -0.25) is 15.6 Å². The van der Waals surface area contributed by atoms with Crippen LogP contribution in [0.5, 0.6) is 5.75 Å². The first-order valence-electron chi connectivity index (χ1n) is 10.1. The summed E-state index contributed by atoms with van der Waals surface area (Å²) in [5.41, 5.74) is 7.84. The van der Waals surface area contributed by atoms with Gasteiger partial charge in [0, 0.05) is 5.56 Å². The molecule has 0 aliphatic heterocycles. The molecule has 0 fully saturated rings. The number of hydrogen-bond donors (Lipinski definition) is 3. The highest BCUT2D eigenvalue weighted by atomic mass is 35.5. The van der Waals surface area contributed by atoms with Crippen LogP contribution in [-0.2, 0) is 6.54 Å². The standard InChI is InChI=1S/C24H25ClN4O3/c1-16(2)32-22-13-12-20(14-21(22)25)23(30)28-29(24(31)27-26)15-17-8-10-19(11-9-17)18-6-4-3-5-7-18/h3-14,16H,15,26H2,1-2H3,(H,27,31)(H,28,30). The molecule has 0 radical (unpaired) electrons. The van der Waals surface area contributed by atoms with E-state index in [1.165, 1.54) is 6.07 Å². The number of urea groups is 1. The van der Waals surface area contributed by atoms with Crippen LogP contribution in [0, 0.1) is 0 Å². The maximum absolute atomic E-state index is 12.7. The van der Waals surface area contributed by atoms with E-state index in [4.69, 9.17) is 22.2 Å². The van der Waals surface area contributed by atoms with Gasteiger partial charge in [0.05, 0.1) is 17.7 Å². The lowest BCUT2D eigenvalue weighted by atomic mass is 10.0. The third-order valence-electron chi connectivity index (χ3n) is 4.56. The molecule has 4 N–H and O–H groups in total. The Balaban J connectivity index is 1.72. The molecule has 32 heavy (non-hydrogen) atoms. The van der Waals surface area contributed by atoms with Crippen molar-refractivity contribution in [3.05, 3.63) is 88.9 Å². The van der Waals surface area contributed by atoms with E-state index in [0.717, 1.165) is 21.7 Å². The normalized spacial score (nSPS) is 10.5. The van der Waals surface area contributed by atoms with Crippen molar-refractivity contribution in [3.63, 3.8) is 0 Å². The molecule has 166 valence electrons. The molecule has 3 rings (SSSR count). The van der Waals surface area contributed by atoms with Gasteiger partial charge in [-0.15, -0.1) is 0 Å². The average Bonchev–Trinajstić information content (AvgIpc) is 2.80. The number of ether oxygens (including phenoxy) is 1. The fourth-order valence-corrected chi connectivity index (χ4v) is 3.26. The topological polar surface area (TPSA) is 96.7 Å². The number of carbonyl (C=O) groups excluding carboxylic acids is 2. The number of rotatable bonds is 6. The van der Waals surface area contributed by atoms with Gasteiger partial charge in [-0.05, 0) is 48.7 Å². The zero-order valence-corrected chi connectivity index (χ0v) is 18.6. The Hall–Kier alpha value is -3.55. The molecule has 0 aromatic heterocycles. The van der Waals surface area contributed by atoms with E-state index < -0.39 is 11.9 Å².